The molecule has 3 nitrogen and oxygen atoms in total. The summed E-state index contributed by atoms with van der Waals surface area (Å²) in [4.78, 5) is 0. The molecule has 1 aliphatic heterocycles. The molecule has 0 bridgehead atoms. The molecule has 14 heavy (non-hydrogen) atoms. The maximum Gasteiger partial charge on any atom is 0.0640 e. The molecule has 2 N–H and O–H groups in total. The van der Waals surface area contributed by atoms with Crippen molar-refractivity contribution in [3.63, 3.8) is 0 Å². The van der Waals surface area contributed by atoms with E-state index in [1.54, 1.807) is 0 Å². The van der Waals surface area contributed by atoms with Crippen LogP contribution in [0.1, 0.15) is 39.5 Å². The zero-order valence-corrected chi connectivity index (χ0v) is 9.42. The Hall–Kier alpha value is -0.120. The van der Waals surface area contributed by atoms with Crippen LogP contribution in [-0.4, -0.2) is 31.5 Å². The van der Waals surface area contributed by atoms with Crippen molar-refractivity contribution in [1.82, 2.24) is 0 Å². The second-order valence-corrected chi connectivity index (χ2v) is 4.82. The quantitative estimate of drug-likeness (QED) is 0.665. The average Bonchev–Trinajstić information content (AvgIpc) is 2.54. The van der Waals surface area contributed by atoms with Crippen molar-refractivity contribution in [3.05, 3.63) is 0 Å². The summed E-state index contributed by atoms with van der Waals surface area (Å²) >= 11 is 0. The molecule has 0 aliphatic carbocycles. The van der Waals surface area contributed by atoms with Gasteiger partial charge in [0.1, 0.15) is 0 Å². The highest BCUT2D eigenvalue weighted by atomic mass is 16.5. The third kappa shape index (κ3) is 5.58. The van der Waals surface area contributed by atoms with Gasteiger partial charge in [-0.3, -0.25) is 0 Å². The Kier molecular flexibility index (Phi) is 4.85. The van der Waals surface area contributed by atoms with Gasteiger partial charge in [-0.15, -0.1) is 0 Å². The van der Waals surface area contributed by atoms with Gasteiger partial charge in [-0.2, -0.15) is 0 Å². The highest BCUT2D eigenvalue weighted by Crippen LogP contribution is 2.16. The Morgan fingerprint density at radius 2 is 2.29 bits per heavy atom. The van der Waals surface area contributed by atoms with E-state index < -0.39 is 0 Å². The Morgan fingerprint density at radius 1 is 1.50 bits per heavy atom. The Morgan fingerprint density at radius 3 is 2.86 bits per heavy atom. The highest BCUT2D eigenvalue weighted by Gasteiger charge is 2.15. The number of ether oxygens (including phenoxy) is 2. The molecule has 1 rings (SSSR count). The van der Waals surface area contributed by atoms with Gasteiger partial charge in [0, 0.05) is 18.8 Å². The number of nitrogens with two attached hydrogens (primary N) is 1. The van der Waals surface area contributed by atoms with E-state index in [1.807, 2.05) is 13.8 Å². The van der Waals surface area contributed by atoms with Crippen molar-refractivity contribution < 1.29 is 9.47 Å². The molecule has 0 saturated carbocycles. The Bertz CT molecular complexity index is 148. The molecule has 3 heteroatoms. The fourth-order valence-electron chi connectivity index (χ4n) is 1.62. The van der Waals surface area contributed by atoms with Crippen LogP contribution >= 0.6 is 0 Å². The standard InChI is InChI=1S/C11H23NO2/c1-11(2,12)9-13-7-3-5-10-6-4-8-14-10/h10H,3-9,12H2,1-2H3. The van der Waals surface area contributed by atoms with E-state index in [9.17, 15) is 0 Å². The first-order valence-corrected chi connectivity index (χ1v) is 5.56. The molecule has 1 fully saturated rings. The van der Waals surface area contributed by atoms with Crippen molar-refractivity contribution in [1.29, 1.82) is 0 Å². The van der Waals surface area contributed by atoms with Crippen molar-refractivity contribution in [2.24, 2.45) is 5.73 Å². The van der Waals surface area contributed by atoms with Gasteiger partial charge < -0.3 is 15.2 Å². The van der Waals surface area contributed by atoms with Crippen LogP contribution in [0.5, 0.6) is 0 Å². The van der Waals surface area contributed by atoms with Gasteiger partial charge >= 0.3 is 0 Å². The van der Waals surface area contributed by atoms with Gasteiger partial charge in [0.25, 0.3) is 0 Å². The van der Waals surface area contributed by atoms with E-state index in [1.165, 1.54) is 12.8 Å². The molecule has 1 aliphatic rings. The summed E-state index contributed by atoms with van der Waals surface area (Å²) in [5, 5.41) is 0. The SMILES string of the molecule is CC(C)(N)COCCCC1CCCO1. The minimum absolute atomic E-state index is 0.205. The maximum absolute atomic E-state index is 5.79. The molecule has 0 aromatic heterocycles. The number of hydrogen-bond acceptors (Lipinski definition) is 3. The lowest BCUT2D eigenvalue weighted by Gasteiger charge is -2.18. The molecule has 0 aromatic rings. The summed E-state index contributed by atoms with van der Waals surface area (Å²) in [5.74, 6) is 0. The van der Waals surface area contributed by atoms with Crippen molar-refractivity contribution in [2.45, 2.75) is 51.2 Å². The lowest BCUT2D eigenvalue weighted by atomic mass is 10.1. The van der Waals surface area contributed by atoms with E-state index in [0.29, 0.717) is 12.7 Å². The average molecular weight is 201 g/mol. The van der Waals surface area contributed by atoms with Crippen LogP contribution < -0.4 is 5.73 Å². The fourth-order valence-corrected chi connectivity index (χ4v) is 1.62. The van der Waals surface area contributed by atoms with Crippen LogP contribution in [0.15, 0.2) is 0 Å². The van der Waals surface area contributed by atoms with Gasteiger partial charge in [-0.1, -0.05) is 0 Å². The summed E-state index contributed by atoms with van der Waals surface area (Å²) in [6.45, 7) is 6.35. The van der Waals surface area contributed by atoms with Crippen LogP contribution in [0.25, 0.3) is 0 Å². The minimum Gasteiger partial charge on any atom is -0.380 e. The van der Waals surface area contributed by atoms with E-state index in [0.717, 1.165) is 26.1 Å². The third-order valence-electron chi connectivity index (χ3n) is 2.31. The van der Waals surface area contributed by atoms with Crippen LogP contribution in [0.2, 0.25) is 0 Å². The van der Waals surface area contributed by atoms with E-state index >= 15 is 0 Å². The Balaban J connectivity index is 1.89. The lowest BCUT2D eigenvalue weighted by Crippen LogP contribution is -2.37. The Labute approximate surface area is 86.9 Å². The van der Waals surface area contributed by atoms with Crippen LogP contribution in [0.3, 0.4) is 0 Å². The van der Waals surface area contributed by atoms with Gasteiger partial charge in [0.15, 0.2) is 0 Å². The maximum atomic E-state index is 5.79. The largest absolute Gasteiger partial charge is 0.380 e. The number of rotatable bonds is 6. The van der Waals surface area contributed by atoms with E-state index in [4.69, 9.17) is 15.2 Å². The normalized spacial score (nSPS) is 22.9. The summed E-state index contributed by atoms with van der Waals surface area (Å²) < 4.78 is 11.0. The van der Waals surface area contributed by atoms with Crippen molar-refractivity contribution in [3.8, 4) is 0 Å². The molecule has 1 heterocycles. The molecule has 0 radical (unpaired) electrons. The summed E-state index contributed by atoms with van der Waals surface area (Å²) in [7, 11) is 0. The molecule has 0 spiro atoms. The molecule has 84 valence electrons. The molecule has 1 unspecified atom stereocenters. The second-order valence-electron chi connectivity index (χ2n) is 4.82. The molecular formula is C11H23NO2. The lowest BCUT2D eigenvalue weighted by molar-refractivity contribution is 0.0689. The predicted octanol–water partition coefficient (Wildman–Crippen LogP) is 1.70. The van der Waals surface area contributed by atoms with Crippen molar-refractivity contribution >= 4 is 0 Å². The van der Waals surface area contributed by atoms with E-state index in [-0.39, 0.29) is 5.54 Å². The van der Waals surface area contributed by atoms with Crippen LogP contribution in [0.4, 0.5) is 0 Å². The second kappa shape index (κ2) is 5.69. The molecule has 1 saturated heterocycles. The first-order valence-electron chi connectivity index (χ1n) is 5.56. The summed E-state index contributed by atoms with van der Waals surface area (Å²) in [6.07, 6.45) is 5.15. The molecule has 0 amide bonds. The predicted molar refractivity (Wildman–Crippen MR) is 57.3 cm³/mol. The zero-order chi connectivity index (χ0) is 10.4. The molecule has 0 aromatic carbocycles. The topological polar surface area (TPSA) is 44.5 Å². The van der Waals surface area contributed by atoms with E-state index in [2.05, 4.69) is 0 Å². The highest BCUT2D eigenvalue weighted by molar-refractivity contribution is 4.70. The molecular weight excluding hydrogens is 178 g/mol. The third-order valence-corrected chi connectivity index (χ3v) is 2.31. The first kappa shape index (κ1) is 12.0. The van der Waals surface area contributed by atoms with Gasteiger partial charge in [0.05, 0.1) is 12.7 Å². The smallest absolute Gasteiger partial charge is 0.0640 e. The van der Waals surface area contributed by atoms with Gasteiger partial charge in [-0.25, -0.2) is 0 Å². The monoisotopic (exact) mass is 201 g/mol. The molecule has 1 atom stereocenters. The van der Waals surface area contributed by atoms with Crippen molar-refractivity contribution in [2.75, 3.05) is 19.8 Å². The first-order chi connectivity index (χ1) is 6.58. The summed E-state index contributed by atoms with van der Waals surface area (Å²) in [5.41, 5.74) is 5.59. The zero-order valence-electron chi connectivity index (χ0n) is 9.42. The fraction of sp³-hybridized carbons (Fsp3) is 1.00. The van der Waals surface area contributed by atoms with Crippen LogP contribution in [0, 0.1) is 0 Å². The van der Waals surface area contributed by atoms with Gasteiger partial charge in [0.2, 0.25) is 0 Å². The summed E-state index contributed by atoms with van der Waals surface area (Å²) in [6, 6.07) is 0. The minimum atomic E-state index is -0.205. The number of hydrogen-bond donors (Lipinski definition) is 1. The van der Waals surface area contributed by atoms with Gasteiger partial charge in [-0.05, 0) is 39.5 Å². The van der Waals surface area contributed by atoms with Crippen LogP contribution in [-0.2, 0) is 9.47 Å².